The number of benzene rings is 1. The molecule has 0 amide bonds. The minimum Gasteiger partial charge on any atom is -0.481 e. The molecule has 0 bridgehead atoms. The molecule has 0 fully saturated rings. The molecule has 0 saturated carbocycles. The van der Waals surface area contributed by atoms with Gasteiger partial charge in [-0.25, -0.2) is 8.42 Å². The fourth-order valence-electron chi connectivity index (χ4n) is 2.08. The highest BCUT2D eigenvalue weighted by Gasteiger charge is 2.40. The van der Waals surface area contributed by atoms with Crippen LogP contribution >= 0.6 is 11.8 Å². The lowest BCUT2D eigenvalue weighted by Gasteiger charge is -2.33. The second-order valence-electron chi connectivity index (χ2n) is 7.58. The van der Waals surface area contributed by atoms with Gasteiger partial charge in [0.1, 0.15) is 24.0 Å². The molecule has 0 aliphatic heterocycles. The number of ether oxygens (including phenoxy) is 2. The Morgan fingerprint density at radius 1 is 1.18 bits per heavy atom. The third-order valence-corrected chi connectivity index (χ3v) is 6.49. The zero-order valence-corrected chi connectivity index (χ0v) is 19.1. The van der Waals surface area contributed by atoms with Crippen LogP contribution in [0.5, 0.6) is 5.75 Å². The highest BCUT2D eigenvalue weighted by Crippen LogP contribution is 2.29. The number of thioether (sulfide) groups is 1. The Morgan fingerprint density at radius 2 is 1.75 bits per heavy atom. The van der Waals surface area contributed by atoms with E-state index in [1.165, 1.54) is 23.9 Å². The van der Waals surface area contributed by atoms with E-state index in [1.54, 1.807) is 53.7 Å². The van der Waals surface area contributed by atoms with Crippen LogP contribution in [0.1, 0.15) is 41.5 Å². The summed E-state index contributed by atoms with van der Waals surface area (Å²) in [6, 6.07) is 4.90. The van der Waals surface area contributed by atoms with Crippen molar-refractivity contribution in [2.45, 2.75) is 62.8 Å². The molecule has 0 spiro atoms. The molecule has 1 aromatic carbocycles. The summed E-state index contributed by atoms with van der Waals surface area (Å²) in [5.41, 5.74) is -0.727. The Balaban J connectivity index is 3.08. The molecular weight excluding hydrogens is 398 g/mol. The molecule has 0 aromatic heterocycles. The average Bonchev–Trinajstić information content (AvgIpc) is 2.59. The second kappa shape index (κ2) is 9.68. The highest BCUT2D eigenvalue weighted by atomic mass is 32.2. The van der Waals surface area contributed by atoms with E-state index in [4.69, 9.17) is 9.47 Å². The number of nitrogens with one attached hydrogen (secondary N) is 1. The summed E-state index contributed by atoms with van der Waals surface area (Å²) >= 11 is 1.38. The largest absolute Gasteiger partial charge is 0.481 e. The van der Waals surface area contributed by atoms with Crippen LogP contribution in [0.25, 0.3) is 0 Å². The molecule has 28 heavy (non-hydrogen) atoms. The van der Waals surface area contributed by atoms with E-state index in [9.17, 15) is 13.2 Å². The van der Waals surface area contributed by atoms with Crippen LogP contribution in [-0.4, -0.2) is 43.6 Å². The van der Waals surface area contributed by atoms with Gasteiger partial charge in [0.15, 0.2) is 0 Å². The van der Waals surface area contributed by atoms with Gasteiger partial charge in [-0.15, -0.1) is 5.92 Å². The van der Waals surface area contributed by atoms with Gasteiger partial charge in [0.2, 0.25) is 10.0 Å². The first-order valence-electron chi connectivity index (χ1n) is 8.75. The maximum Gasteiger partial charge on any atom is 0.326 e. The predicted molar refractivity (Wildman–Crippen MR) is 113 cm³/mol. The molecule has 1 rings (SSSR count). The van der Waals surface area contributed by atoms with Crippen LogP contribution in [0.3, 0.4) is 0 Å². The minimum atomic E-state index is -3.94. The molecule has 1 atom stereocenters. The number of sulfonamides is 1. The molecular formula is C20H29NO5S2. The van der Waals surface area contributed by atoms with Crippen molar-refractivity contribution >= 4 is 27.8 Å². The van der Waals surface area contributed by atoms with Crippen molar-refractivity contribution in [3.05, 3.63) is 24.3 Å². The third kappa shape index (κ3) is 7.38. The summed E-state index contributed by atoms with van der Waals surface area (Å²) in [4.78, 5) is 12.7. The molecule has 0 heterocycles. The Morgan fingerprint density at radius 3 is 2.21 bits per heavy atom. The molecule has 156 valence electrons. The van der Waals surface area contributed by atoms with Crippen molar-refractivity contribution in [1.82, 2.24) is 4.72 Å². The van der Waals surface area contributed by atoms with E-state index in [0.29, 0.717) is 5.75 Å². The smallest absolute Gasteiger partial charge is 0.326 e. The number of carbonyl (C=O) groups is 1. The first kappa shape index (κ1) is 24.3. The summed E-state index contributed by atoms with van der Waals surface area (Å²) in [7, 11) is -3.94. The van der Waals surface area contributed by atoms with Gasteiger partial charge in [-0.05, 0) is 72.1 Å². The van der Waals surface area contributed by atoms with Crippen LogP contribution in [0, 0.1) is 11.8 Å². The summed E-state index contributed by atoms with van der Waals surface area (Å²) in [5, 5.41) is 0. The summed E-state index contributed by atoms with van der Waals surface area (Å²) in [6.45, 7) is 10.7. The van der Waals surface area contributed by atoms with E-state index in [0.717, 1.165) is 0 Å². The standard InChI is InChI=1S/C20H29NO5S2/c1-8-9-14-25-15-10-12-16(13-11-15)28(23,24)21-17(20(5,6)27-7)18(22)26-19(2,3)4/h10-13,17,21H,14H2,1-7H3. The fourth-order valence-corrected chi connectivity index (χ4v) is 3.88. The van der Waals surface area contributed by atoms with Crippen LogP contribution in [-0.2, 0) is 19.6 Å². The molecule has 1 N–H and O–H groups in total. The quantitative estimate of drug-likeness (QED) is 0.507. The number of rotatable bonds is 8. The van der Waals surface area contributed by atoms with Gasteiger partial charge in [-0.2, -0.15) is 16.5 Å². The average molecular weight is 428 g/mol. The van der Waals surface area contributed by atoms with Gasteiger partial charge >= 0.3 is 5.97 Å². The molecule has 0 saturated heterocycles. The number of hydrogen-bond donors (Lipinski definition) is 1. The van der Waals surface area contributed by atoms with Crippen molar-refractivity contribution in [3.63, 3.8) is 0 Å². The van der Waals surface area contributed by atoms with Crippen molar-refractivity contribution in [1.29, 1.82) is 0 Å². The highest BCUT2D eigenvalue weighted by molar-refractivity contribution is 8.00. The first-order chi connectivity index (χ1) is 12.8. The molecule has 1 aromatic rings. The van der Waals surface area contributed by atoms with Gasteiger partial charge < -0.3 is 9.47 Å². The van der Waals surface area contributed by atoms with E-state index in [1.807, 2.05) is 6.26 Å². The van der Waals surface area contributed by atoms with E-state index >= 15 is 0 Å². The van der Waals surface area contributed by atoms with Crippen molar-refractivity contribution in [2.75, 3.05) is 12.9 Å². The Hall–Kier alpha value is -1.69. The van der Waals surface area contributed by atoms with Gasteiger partial charge in [0, 0.05) is 4.75 Å². The van der Waals surface area contributed by atoms with E-state index in [2.05, 4.69) is 16.6 Å². The second-order valence-corrected chi connectivity index (χ2v) is 10.8. The summed E-state index contributed by atoms with van der Waals surface area (Å²) in [5.74, 6) is 5.37. The number of hydrogen-bond acceptors (Lipinski definition) is 6. The first-order valence-corrected chi connectivity index (χ1v) is 11.5. The predicted octanol–water partition coefficient (Wildman–Crippen LogP) is 3.22. The third-order valence-electron chi connectivity index (χ3n) is 3.76. The van der Waals surface area contributed by atoms with Crippen LogP contribution < -0.4 is 9.46 Å². The molecule has 0 aliphatic rings. The van der Waals surface area contributed by atoms with Crippen molar-refractivity contribution < 1.29 is 22.7 Å². The monoisotopic (exact) mass is 427 g/mol. The fraction of sp³-hybridized carbons (Fsp3) is 0.550. The summed E-state index contributed by atoms with van der Waals surface area (Å²) < 4.78 is 38.3. The number of carbonyl (C=O) groups excluding carboxylic acids is 1. The lowest BCUT2D eigenvalue weighted by Crippen LogP contribution is -2.54. The topological polar surface area (TPSA) is 81.7 Å². The molecule has 8 heteroatoms. The molecule has 0 radical (unpaired) electrons. The van der Waals surface area contributed by atoms with Crippen molar-refractivity contribution in [2.24, 2.45) is 0 Å². The normalized spacial score (nSPS) is 13.2. The SMILES string of the molecule is CC#CCOc1ccc(S(=O)(=O)NC(C(=O)OC(C)(C)C)C(C)(C)SC)cc1. The molecule has 6 nitrogen and oxygen atoms in total. The van der Waals surface area contributed by atoms with E-state index < -0.39 is 32.4 Å². The minimum absolute atomic E-state index is 0.0342. The van der Waals surface area contributed by atoms with Gasteiger partial charge in [-0.3, -0.25) is 4.79 Å². The summed E-state index contributed by atoms with van der Waals surface area (Å²) in [6.07, 6.45) is 1.82. The van der Waals surface area contributed by atoms with Crippen LogP contribution in [0.15, 0.2) is 29.2 Å². The maximum absolute atomic E-state index is 12.9. The van der Waals surface area contributed by atoms with Gasteiger partial charge in [0.25, 0.3) is 0 Å². The lowest BCUT2D eigenvalue weighted by atomic mass is 10.0. The van der Waals surface area contributed by atoms with Gasteiger partial charge in [0.05, 0.1) is 4.90 Å². The van der Waals surface area contributed by atoms with Gasteiger partial charge in [-0.1, -0.05) is 5.92 Å². The van der Waals surface area contributed by atoms with Crippen molar-refractivity contribution in [3.8, 4) is 17.6 Å². The lowest BCUT2D eigenvalue weighted by molar-refractivity contribution is -0.157. The van der Waals surface area contributed by atoms with E-state index in [-0.39, 0.29) is 11.5 Å². The Kier molecular flexibility index (Phi) is 8.42. The number of esters is 1. The Labute approximate surface area is 172 Å². The zero-order valence-electron chi connectivity index (χ0n) is 17.5. The Bertz CT molecular complexity index is 828. The molecule has 0 aliphatic carbocycles. The van der Waals surface area contributed by atoms with Crippen LogP contribution in [0.4, 0.5) is 0 Å². The molecule has 1 unspecified atom stereocenters. The van der Waals surface area contributed by atoms with Crippen LogP contribution in [0.2, 0.25) is 0 Å². The maximum atomic E-state index is 12.9. The zero-order chi connectivity index (χ0) is 21.6.